The lowest BCUT2D eigenvalue weighted by molar-refractivity contribution is 0.480. The zero-order valence-corrected chi connectivity index (χ0v) is 12.1. The molecule has 1 aliphatic rings. The van der Waals surface area contributed by atoms with Crippen LogP contribution in [0.15, 0.2) is 24.3 Å². The maximum atomic E-state index is 4.62. The molecule has 5 heteroatoms. The van der Waals surface area contributed by atoms with E-state index in [1.54, 1.807) is 0 Å². The number of aromatic amines is 1. The summed E-state index contributed by atoms with van der Waals surface area (Å²) in [6.45, 7) is 7.20. The van der Waals surface area contributed by atoms with Crippen LogP contribution < -0.4 is 10.2 Å². The van der Waals surface area contributed by atoms with E-state index in [1.807, 2.05) is 0 Å². The van der Waals surface area contributed by atoms with E-state index >= 15 is 0 Å². The van der Waals surface area contributed by atoms with Crippen molar-refractivity contribution in [2.24, 2.45) is 0 Å². The molecule has 0 aliphatic carbocycles. The molecule has 2 N–H and O–H groups in total. The lowest BCUT2D eigenvalue weighted by Gasteiger charge is -2.30. The van der Waals surface area contributed by atoms with Crippen molar-refractivity contribution < 1.29 is 0 Å². The Kier molecular flexibility index (Phi) is 3.69. The van der Waals surface area contributed by atoms with Gasteiger partial charge in [-0.3, -0.25) is 5.10 Å². The molecule has 5 nitrogen and oxygen atoms in total. The zero-order chi connectivity index (χ0) is 13.9. The van der Waals surface area contributed by atoms with Crippen molar-refractivity contribution in [2.45, 2.75) is 26.3 Å². The number of benzene rings is 1. The summed E-state index contributed by atoms with van der Waals surface area (Å²) in [6.07, 6.45) is 0.801. The molecule has 1 saturated heterocycles. The molecule has 1 atom stereocenters. The highest BCUT2D eigenvalue weighted by atomic mass is 15.4. The first-order chi connectivity index (χ1) is 9.70. The van der Waals surface area contributed by atoms with Crippen molar-refractivity contribution in [1.82, 2.24) is 20.5 Å². The number of hydrogen-bond acceptors (Lipinski definition) is 4. The predicted molar refractivity (Wildman–Crippen MR) is 80.0 cm³/mol. The largest absolute Gasteiger partial charge is 0.337 e. The molecule has 0 spiro atoms. The molecule has 20 heavy (non-hydrogen) atoms. The van der Waals surface area contributed by atoms with Gasteiger partial charge in [0.05, 0.1) is 0 Å². The molecule has 2 aromatic rings. The second-order valence-electron chi connectivity index (χ2n) is 5.55. The standard InChI is InChI=1S/C15H21N5/c1-11-3-5-13(6-4-11)9-14-17-15(19-18-14)20-8-7-16-12(2)10-20/h3-6,12,16H,7-10H2,1-2H3,(H,17,18,19)/t12-/m0/s1. The Morgan fingerprint density at radius 1 is 1.30 bits per heavy atom. The van der Waals surface area contributed by atoms with E-state index in [1.165, 1.54) is 11.1 Å². The van der Waals surface area contributed by atoms with Crippen LogP contribution in [0.3, 0.4) is 0 Å². The molecule has 0 saturated carbocycles. The van der Waals surface area contributed by atoms with Gasteiger partial charge in [0, 0.05) is 32.1 Å². The Labute approximate surface area is 119 Å². The van der Waals surface area contributed by atoms with Crippen molar-refractivity contribution in [1.29, 1.82) is 0 Å². The SMILES string of the molecule is Cc1ccc(Cc2nc(N3CCN[C@@H](C)C3)n[nH]2)cc1. The Hall–Kier alpha value is -1.88. The van der Waals surface area contributed by atoms with E-state index in [-0.39, 0.29) is 0 Å². The number of aromatic nitrogens is 3. The minimum atomic E-state index is 0.489. The number of anilines is 1. The molecule has 3 rings (SSSR count). The lowest BCUT2D eigenvalue weighted by atomic mass is 10.1. The first-order valence-electron chi connectivity index (χ1n) is 7.16. The molecule has 0 unspecified atom stereocenters. The van der Waals surface area contributed by atoms with Crippen LogP contribution in [0.2, 0.25) is 0 Å². The van der Waals surface area contributed by atoms with Crippen molar-refractivity contribution in [3.05, 3.63) is 41.2 Å². The molecule has 0 bridgehead atoms. The molecule has 0 radical (unpaired) electrons. The number of hydrogen-bond donors (Lipinski definition) is 2. The third-order valence-corrected chi connectivity index (χ3v) is 3.66. The van der Waals surface area contributed by atoms with Crippen LogP contribution in [-0.4, -0.2) is 40.9 Å². The van der Waals surface area contributed by atoms with Crippen LogP contribution >= 0.6 is 0 Å². The maximum absolute atomic E-state index is 4.62. The first kappa shape index (κ1) is 13.1. The number of nitrogens with one attached hydrogen (secondary N) is 2. The topological polar surface area (TPSA) is 56.8 Å². The van der Waals surface area contributed by atoms with Gasteiger partial charge in [-0.05, 0) is 19.4 Å². The Morgan fingerprint density at radius 2 is 2.10 bits per heavy atom. The molecule has 1 fully saturated rings. The minimum Gasteiger partial charge on any atom is -0.337 e. The van der Waals surface area contributed by atoms with E-state index < -0.39 is 0 Å². The van der Waals surface area contributed by atoms with Crippen LogP contribution in [-0.2, 0) is 6.42 Å². The smallest absolute Gasteiger partial charge is 0.244 e. The summed E-state index contributed by atoms with van der Waals surface area (Å²) in [7, 11) is 0. The zero-order valence-electron chi connectivity index (χ0n) is 12.1. The van der Waals surface area contributed by atoms with Gasteiger partial charge in [0.25, 0.3) is 0 Å². The molecule has 1 aromatic carbocycles. The number of H-pyrrole nitrogens is 1. The molecular weight excluding hydrogens is 250 g/mol. The van der Waals surface area contributed by atoms with Gasteiger partial charge >= 0.3 is 0 Å². The summed E-state index contributed by atoms with van der Waals surface area (Å²) in [5, 5.41) is 10.8. The summed E-state index contributed by atoms with van der Waals surface area (Å²) >= 11 is 0. The molecule has 0 amide bonds. The summed E-state index contributed by atoms with van der Waals surface area (Å²) in [5.74, 6) is 1.75. The van der Waals surface area contributed by atoms with Crippen LogP contribution in [0.5, 0.6) is 0 Å². The predicted octanol–water partition coefficient (Wildman–Crippen LogP) is 1.50. The number of piperazine rings is 1. The summed E-state index contributed by atoms with van der Waals surface area (Å²) in [6, 6.07) is 9.03. The Balaban J connectivity index is 1.68. The number of aryl methyl sites for hydroxylation is 1. The molecule has 106 valence electrons. The monoisotopic (exact) mass is 271 g/mol. The summed E-state index contributed by atoms with van der Waals surface area (Å²) < 4.78 is 0. The highest BCUT2D eigenvalue weighted by Gasteiger charge is 2.19. The molecular formula is C15H21N5. The van der Waals surface area contributed by atoms with Crippen molar-refractivity contribution in [2.75, 3.05) is 24.5 Å². The normalized spacial score (nSPS) is 19.3. The van der Waals surface area contributed by atoms with Crippen LogP contribution in [0.25, 0.3) is 0 Å². The highest BCUT2D eigenvalue weighted by Crippen LogP contribution is 2.13. The van der Waals surface area contributed by atoms with Crippen molar-refractivity contribution in [3.63, 3.8) is 0 Å². The Morgan fingerprint density at radius 3 is 2.85 bits per heavy atom. The van der Waals surface area contributed by atoms with Crippen LogP contribution in [0.4, 0.5) is 5.95 Å². The van der Waals surface area contributed by atoms with Crippen molar-refractivity contribution >= 4 is 5.95 Å². The van der Waals surface area contributed by atoms with Gasteiger partial charge in [0.15, 0.2) is 0 Å². The van der Waals surface area contributed by atoms with Gasteiger partial charge in [-0.15, -0.1) is 5.10 Å². The average molecular weight is 271 g/mol. The summed E-state index contributed by atoms with van der Waals surface area (Å²) in [5.41, 5.74) is 2.54. The molecule has 1 aliphatic heterocycles. The van der Waals surface area contributed by atoms with Gasteiger partial charge in [0.1, 0.15) is 5.82 Å². The quantitative estimate of drug-likeness (QED) is 0.888. The fourth-order valence-corrected chi connectivity index (χ4v) is 2.52. The van der Waals surface area contributed by atoms with E-state index in [2.05, 4.69) is 63.5 Å². The number of rotatable bonds is 3. The minimum absolute atomic E-state index is 0.489. The van der Waals surface area contributed by atoms with E-state index in [4.69, 9.17) is 0 Å². The highest BCUT2D eigenvalue weighted by molar-refractivity contribution is 5.31. The second kappa shape index (κ2) is 5.63. The van der Waals surface area contributed by atoms with Gasteiger partial charge in [0.2, 0.25) is 5.95 Å². The first-order valence-corrected chi connectivity index (χ1v) is 7.16. The van der Waals surface area contributed by atoms with Crippen LogP contribution in [0, 0.1) is 6.92 Å². The van der Waals surface area contributed by atoms with Gasteiger partial charge in [-0.2, -0.15) is 4.98 Å². The van der Waals surface area contributed by atoms with Gasteiger partial charge in [-0.1, -0.05) is 29.8 Å². The Bertz CT molecular complexity index is 560. The van der Waals surface area contributed by atoms with E-state index in [0.717, 1.165) is 37.8 Å². The number of nitrogens with zero attached hydrogens (tertiary/aromatic N) is 3. The third kappa shape index (κ3) is 2.99. The van der Waals surface area contributed by atoms with Crippen molar-refractivity contribution in [3.8, 4) is 0 Å². The molecule has 2 heterocycles. The average Bonchev–Trinajstić information content (AvgIpc) is 2.90. The lowest BCUT2D eigenvalue weighted by Crippen LogP contribution is -2.49. The fourth-order valence-electron chi connectivity index (χ4n) is 2.52. The third-order valence-electron chi connectivity index (χ3n) is 3.66. The van der Waals surface area contributed by atoms with Crippen LogP contribution in [0.1, 0.15) is 23.9 Å². The maximum Gasteiger partial charge on any atom is 0.244 e. The van der Waals surface area contributed by atoms with E-state index in [0.29, 0.717) is 6.04 Å². The summed E-state index contributed by atoms with van der Waals surface area (Å²) in [4.78, 5) is 6.85. The fraction of sp³-hybridized carbons (Fsp3) is 0.467. The second-order valence-corrected chi connectivity index (χ2v) is 5.55. The molecule has 1 aromatic heterocycles. The van der Waals surface area contributed by atoms with Gasteiger partial charge in [-0.25, -0.2) is 0 Å². The van der Waals surface area contributed by atoms with Gasteiger partial charge < -0.3 is 10.2 Å². The van der Waals surface area contributed by atoms with E-state index in [9.17, 15) is 0 Å².